The fraction of sp³-hybridized carbons (Fsp3) is 0.231. The van der Waals surface area contributed by atoms with E-state index in [1.165, 1.54) is 0 Å². The summed E-state index contributed by atoms with van der Waals surface area (Å²) >= 11 is 3.51. The lowest BCUT2D eigenvalue weighted by Crippen LogP contribution is -2.13. The Bertz CT molecular complexity index is 616. The first kappa shape index (κ1) is 13.6. The largest absolute Gasteiger partial charge is 0.409 e. The normalized spacial score (nSPS) is 11.8. The number of nitrogens with two attached hydrogens (primary N) is 1. The molecular weight excluding hydrogens is 308 g/mol. The maximum absolute atomic E-state index is 8.61. The SMILES string of the molecule is Cc1nn(Cc2ccc(C(N)=NO)cc2)c(C)c1Br. The lowest BCUT2D eigenvalue weighted by Gasteiger charge is -2.06. The molecule has 0 spiro atoms. The molecule has 5 nitrogen and oxygen atoms in total. The van der Waals surface area contributed by atoms with Crippen LogP contribution in [0.2, 0.25) is 0 Å². The molecule has 0 radical (unpaired) electrons. The Kier molecular flexibility index (Phi) is 3.90. The predicted octanol–water partition coefficient (Wildman–Crippen LogP) is 2.41. The minimum absolute atomic E-state index is 0.111. The highest BCUT2D eigenvalue weighted by molar-refractivity contribution is 9.10. The zero-order chi connectivity index (χ0) is 14.0. The van der Waals surface area contributed by atoms with E-state index in [0.717, 1.165) is 21.4 Å². The molecule has 1 heterocycles. The quantitative estimate of drug-likeness (QED) is 0.394. The summed E-state index contributed by atoms with van der Waals surface area (Å²) in [6, 6.07) is 7.53. The van der Waals surface area contributed by atoms with Crippen LogP contribution in [-0.2, 0) is 6.54 Å². The first-order valence-electron chi connectivity index (χ1n) is 5.79. The van der Waals surface area contributed by atoms with E-state index in [1.807, 2.05) is 42.8 Å². The molecule has 0 fully saturated rings. The lowest BCUT2D eigenvalue weighted by atomic mass is 10.1. The van der Waals surface area contributed by atoms with Crippen LogP contribution in [0.1, 0.15) is 22.5 Å². The van der Waals surface area contributed by atoms with Gasteiger partial charge in [-0.3, -0.25) is 4.68 Å². The van der Waals surface area contributed by atoms with Crippen LogP contribution in [0.4, 0.5) is 0 Å². The number of oxime groups is 1. The molecule has 0 aliphatic heterocycles. The van der Waals surface area contributed by atoms with E-state index in [9.17, 15) is 0 Å². The molecule has 0 atom stereocenters. The van der Waals surface area contributed by atoms with Crippen molar-refractivity contribution in [1.82, 2.24) is 9.78 Å². The number of aryl methyl sites for hydroxylation is 1. The Morgan fingerprint density at radius 3 is 2.47 bits per heavy atom. The Labute approximate surface area is 119 Å². The molecule has 0 unspecified atom stereocenters. The van der Waals surface area contributed by atoms with Gasteiger partial charge in [0, 0.05) is 5.56 Å². The third kappa shape index (κ3) is 2.78. The molecule has 0 saturated heterocycles. The molecule has 1 aromatic carbocycles. The van der Waals surface area contributed by atoms with Gasteiger partial charge in [-0.05, 0) is 35.3 Å². The Hall–Kier alpha value is -1.82. The Balaban J connectivity index is 2.22. The van der Waals surface area contributed by atoms with Gasteiger partial charge in [-0.25, -0.2) is 0 Å². The van der Waals surface area contributed by atoms with Crippen LogP contribution in [0.5, 0.6) is 0 Å². The molecule has 2 rings (SSSR count). The fourth-order valence-electron chi connectivity index (χ4n) is 1.84. The number of halogens is 1. The molecule has 0 aliphatic rings. The summed E-state index contributed by atoms with van der Waals surface area (Å²) in [6.07, 6.45) is 0. The minimum Gasteiger partial charge on any atom is -0.409 e. The van der Waals surface area contributed by atoms with E-state index in [1.54, 1.807) is 0 Å². The highest BCUT2D eigenvalue weighted by Crippen LogP contribution is 2.20. The van der Waals surface area contributed by atoms with Crippen molar-refractivity contribution < 1.29 is 5.21 Å². The maximum Gasteiger partial charge on any atom is 0.170 e. The van der Waals surface area contributed by atoms with E-state index >= 15 is 0 Å². The molecule has 0 saturated carbocycles. The van der Waals surface area contributed by atoms with Crippen LogP contribution in [0.15, 0.2) is 33.9 Å². The van der Waals surface area contributed by atoms with Crippen molar-refractivity contribution in [2.24, 2.45) is 10.9 Å². The average molecular weight is 323 g/mol. The Morgan fingerprint density at radius 2 is 2.00 bits per heavy atom. The predicted molar refractivity (Wildman–Crippen MR) is 77.5 cm³/mol. The summed E-state index contributed by atoms with van der Waals surface area (Å²) < 4.78 is 2.98. The van der Waals surface area contributed by atoms with Gasteiger partial charge in [0.1, 0.15) is 0 Å². The monoisotopic (exact) mass is 322 g/mol. The summed E-state index contributed by atoms with van der Waals surface area (Å²) in [5.74, 6) is 0.111. The number of hydrogen-bond donors (Lipinski definition) is 2. The van der Waals surface area contributed by atoms with Crippen molar-refractivity contribution in [3.8, 4) is 0 Å². The molecule has 2 aromatic rings. The smallest absolute Gasteiger partial charge is 0.170 e. The summed E-state index contributed by atoms with van der Waals surface area (Å²) in [5.41, 5.74) is 9.39. The van der Waals surface area contributed by atoms with Crippen molar-refractivity contribution in [2.45, 2.75) is 20.4 Å². The van der Waals surface area contributed by atoms with Gasteiger partial charge in [-0.15, -0.1) is 0 Å². The van der Waals surface area contributed by atoms with Crippen LogP contribution in [-0.4, -0.2) is 20.8 Å². The molecule has 100 valence electrons. The second kappa shape index (κ2) is 5.44. The minimum atomic E-state index is 0.111. The average Bonchev–Trinajstić information content (AvgIpc) is 2.66. The third-order valence-corrected chi connectivity index (χ3v) is 4.13. The molecular formula is C13H15BrN4O. The van der Waals surface area contributed by atoms with Gasteiger partial charge in [-0.2, -0.15) is 5.10 Å². The van der Waals surface area contributed by atoms with E-state index < -0.39 is 0 Å². The standard InChI is InChI=1S/C13H15BrN4O/c1-8-12(14)9(2)18(16-8)7-10-3-5-11(6-4-10)13(15)17-19/h3-6,19H,7H2,1-2H3,(H2,15,17). The van der Waals surface area contributed by atoms with Crippen LogP contribution in [0.25, 0.3) is 0 Å². The number of hydrogen-bond acceptors (Lipinski definition) is 3. The van der Waals surface area contributed by atoms with Crippen LogP contribution >= 0.6 is 15.9 Å². The highest BCUT2D eigenvalue weighted by atomic mass is 79.9. The van der Waals surface area contributed by atoms with Gasteiger partial charge in [0.2, 0.25) is 0 Å². The number of amidine groups is 1. The zero-order valence-electron chi connectivity index (χ0n) is 10.8. The fourth-order valence-corrected chi connectivity index (χ4v) is 2.12. The lowest BCUT2D eigenvalue weighted by molar-refractivity contribution is 0.318. The number of benzene rings is 1. The van der Waals surface area contributed by atoms with Gasteiger partial charge >= 0.3 is 0 Å². The Morgan fingerprint density at radius 1 is 1.37 bits per heavy atom. The van der Waals surface area contributed by atoms with Crippen LogP contribution in [0, 0.1) is 13.8 Å². The summed E-state index contributed by atoms with van der Waals surface area (Å²) in [4.78, 5) is 0. The van der Waals surface area contributed by atoms with Gasteiger partial charge < -0.3 is 10.9 Å². The first-order chi connectivity index (χ1) is 9.02. The van der Waals surface area contributed by atoms with Crippen molar-refractivity contribution in [3.63, 3.8) is 0 Å². The van der Waals surface area contributed by atoms with Crippen LogP contribution < -0.4 is 5.73 Å². The van der Waals surface area contributed by atoms with Gasteiger partial charge in [0.15, 0.2) is 5.84 Å². The van der Waals surface area contributed by atoms with E-state index in [0.29, 0.717) is 12.1 Å². The van der Waals surface area contributed by atoms with Crippen molar-refractivity contribution in [3.05, 3.63) is 51.3 Å². The second-order valence-corrected chi connectivity index (χ2v) is 5.12. The van der Waals surface area contributed by atoms with Crippen LogP contribution in [0.3, 0.4) is 0 Å². The molecule has 3 N–H and O–H groups in total. The summed E-state index contributed by atoms with van der Waals surface area (Å²) in [7, 11) is 0. The summed E-state index contributed by atoms with van der Waals surface area (Å²) in [6.45, 7) is 4.68. The van der Waals surface area contributed by atoms with E-state index in [2.05, 4.69) is 26.2 Å². The van der Waals surface area contributed by atoms with Crippen molar-refractivity contribution in [2.75, 3.05) is 0 Å². The van der Waals surface area contributed by atoms with E-state index in [-0.39, 0.29) is 5.84 Å². The molecule has 0 aliphatic carbocycles. The molecule has 6 heteroatoms. The topological polar surface area (TPSA) is 76.4 Å². The van der Waals surface area contributed by atoms with Gasteiger partial charge in [0.05, 0.1) is 22.4 Å². The number of nitrogens with zero attached hydrogens (tertiary/aromatic N) is 3. The summed E-state index contributed by atoms with van der Waals surface area (Å²) in [5, 5.41) is 16.0. The van der Waals surface area contributed by atoms with Gasteiger partial charge in [0.25, 0.3) is 0 Å². The molecule has 1 aromatic heterocycles. The van der Waals surface area contributed by atoms with E-state index in [4.69, 9.17) is 10.9 Å². The van der Waals surface area contributed by atoms with Gasteiger partial charge in [-0.1, -0.05) is 29.4 Å². The zero-order valence-corrected chi connectivity index (χ0v) is 12.3. The highest BCUT2D eigenvalue weighted by Gasteiger charge is 2.09. The second-order valence-electron chi connectivity index (χ2n) is 4.32. The van der Waals surface area contributed by atoms with Crippen molar-refractivity contribution in [1.29, 1.82) is 0 Å². The maximum atomic E-state index is 8.61. The van der Waals surface area contributed by atoms with Crippen molar-refractivity contribution >= 4 is 21.8 Å². The molecule has 19 heavy (non-hydrogen) atoms. The molecule has 0 amide bonds. The third-order valence-electron chi connectivity index (χ3n) is 2.98. The molecule has 0 bridgehead atoms. The number of aromatic nitrogens is 2. The first-order valence-corrected chi connectivity index (χ1v) is 6.58. The number of rotatable bonds is 3.